The maximum absolute atomic E-state index is 11.6. The summed E-state index contributed by atoms with van der Waals surface area (Å²) in [6.45, 7) is 0. The topological polar surface area (TPSA) is 63.8 Å². The van der Waals surface area contributed by atoms with Gasteiger partial charge in [-0.05, 0) is 46.7 Å². The number of hydrogen-bond donors (Lipinski definition) is 1. The lowest BCUT2D eigenvalue weighted by molar-refractivity contribution is 0.0927. The van der Waals surface area contributed by atoms with Crippen LogP contribution in [0.4, 0.5) is 0 Å². The third-order valence-corrected chi connectivity index (χ3v) is 3.20. The molecule has 1 amide bonds. The summed E-state index contributed by atoms with van der Waals surface area (Å²) in [4.78, 5) is 11.6. The molecule has 0 aliphatic carbocycles. The van der Waals surface area contributed by atoms with Gasteiger partial charge in [-0.2, -0.15) is 5.10 Å². The Hall–Kier alpha value is -3.08. The number of nitrogens with zero attached hydrogens (tertiary/aromatic N) is 1. The molecule has 3 aromatic rings. The van der Waals surface area contributed by atoms with Gasteiger partial charge < -0.3 is 9.15 Å². The molecule has 3 rings (SSSR count). The van der Waals surface area contributed by atoms with Crippen LogP contribution in [0.1, 0.15) is 16.1 Å². The van der Waals surface area contributed by atoms with Crippen LogP contribution in [0.2, 0.25) is 0 Å². The number of hydrazone groups is 1. The van der Waals surface area contributed by atoms with Gasteiger partial charge in [0, 0.05) is 0 Å². The first kappa shape index (κ1) is 13.9. The number of carbonyl (C=O) groups is 1. The molecular formula is C17H14N2O3. The fourth-order valence-electron chi connectivity index (χ4n) is 2.08. The standard InChI is InChI=1S/C17H14N2O3/c1-21-15-7-6-13-9-12(4-5-14(13)10-15)11-18-19-17(20)16-3-2-8-22-16/h2-11H,1H3,(H,19,20)/b18-11-. The summed E-state index contributed by atoms with van der Waals surface area (Å²) in [5, 5.41) is 6.08. The Balaban J connectivity index is 1.73. The number of carbonyl (C=O) groups excluding carboxylic acids is 1. The van der Waals surface area contributed by atoms with Gasteiger partial charge in [0.1, 0.15) is 5.75 Å². The molecule has 0 aliphatic rings. The Bertz CT molecular complexity index is 823. The average molecular weight is 294 g/mol. The molecule has 0 spiro atoms. The van der Waals surface area contributed by atoms with Crippen LogP contribution >= 0.6 is 0 Å². The van der Waals surface area contributed by atoms with E-state index >= 15 is 0 Å². The normalized spacial score (nSPS) is 11.0. The number of methoxy groups -OCH3 is 1. The predicted octanol–water partition coefficient (Wildman–Crippen LogP) is 3.21. The van der Waals surface area contributed by atoms with Gasteiger partial charge in [-0.25, -0.2) is 5.43 Å². The molecule has 0 fully saturated rings. The maximum atomic E-state index is 11.6. The molecule has 1 heterocycles. The van der Waals surface area contributed by atoms with Crippen molar-refractivity contribution in [2.45, 2.75) is 0 Å². The SMILES string of the molecule is COc1ccc2cc(/C=N\NC(=O)c3ccco3)ccc2c1. The van der Waals surface area contributed by atoms with Crippen molar-refractivity contribution >= 4 is 22.9 Å². The van der Waals surface area contributed by atoms with Crippen molar-refractivity contribution in [1.29, 1.82) is 0 Å². The van der Waals surface area contributed by atoms with E-state index in [2.05, 4.69) is 10.5 Å². The van der Waals surface area contributed by atoms with Crippen LogP contribution < -0.4 is 10.2 Å². The van der Waals surface area contributed by atoms with Gasteiger partial charge in [0.15, 0.2) is 5.76 Å². The highest BCUT2D eigenvalue weighted by Crippen LogP contribution is 2.21. The van der Waals surface area contributed by atoms with E-state index in [1.807, 2.05) is 36.4 Å². The van der Waals surface area contributed by atoms with Crippen molar-refractivity contribution in [2.75, 3.05) is 7.11 Å². The zero-order valence-electron chi connectivity index (χ0n) is 11.9. The molecule has 0 radical (unpaired) electrons. The summed E-state index contributed by atoms with van der Waals surface area (Å²) in [5.41, 5.74) is 3.30. The van der Waals surface area contributed by atoms with Crippen LogP contribution in [-0.2, 0) is 0 Å². The van der Waals surface area contributed by atoms with Crippen LogP contribution in [0.5, 0.6) is 5.75 Å². The van der Waals surface area contributed by atoms with Crippen LogP contribution in [-0.4, -0.2) is 19.2 Å². The lowest BCUT2D eigenvalue weighted by Gasteiger charge is -2.03. The summed E-state index contributed by atoms with van der Waals surface area (Å²) in [5.74, 6) is 0.661. The second-order valence-electron chi connectivity index (χ2n) is 4.65. The van der Waals surface area contributed by atoms with Gasteiger partial charge in [-0.1, -0.05) is 18.2 Å². The molecule has 110 valence electrons. The highest BCUT2D eigenvalue weighted by molar-refractivity contribution is 5.94. The van der Waals surface area contributed by atoms with E-state index in [1.54, 1.807) is 25.5 Å². The molecule has 5 nitrogen and oxygen atoms in total. The van der Waals surface area contributed by atoms with Crippen LogP contribution in [0.15, 0.2) is 64.3 Å². The number of nitrogens with one attached hydrogen (secondary N) is 1. The molecule has 22 heavy (non-hydrogen) atoms. The van der Waals surface area contributed by atoms with Gasteiger partial charge in [-0.3, -0.25) is 4.79 Å². The number of amides is 1. The zero-order valence-corrected chi connectivity index (χ0v) is 11.9. The van der Waals surface area contributed by atoms with Gasteiger partial charge in [0.05, 0.1) is 19.6 Å². The minimum Gasteiger partial charge on any atom is -0.497 e. The van der Waals surface area contributed by atoms with E-state index in [9.17, 15) is 4.79 Å². The summed E-state index contributed by atoms with van der Waals surface area (Å²) in [6.07, 6.45) is 3.03. The molecule has 0 bridgehead atoms. The van der Waals surface area contributed by atoms with Crippen molar-refractivity contribution in [1.82, 2.24) is 5.43 Å². The van der Waals surface area contributed by atoms with Crippen molar-refractivity contribution in [3.05, 3.63) is 66.1 Å². The molecule has 0 aliphatic heterocycles. The Morgan fingerprint density at radius 1 is 1.18 bits per heavy atom. The molecule has 0 atom stereocenters. The monoisotopic (exact) mass is 294 g/mol. The van der Waals surface area contributed by atoms with Gasteiger partial charge in [0.2, 0.25) is 0 Å². The Morgan fingerprint density at radius 2 is 2.00 bits per heavy atom. The maximum Gasteiger partial charge on any atom is 0.307 e. The lowest BCUT2D eigenvalue weighted by Crippen LogP contribution is -2.16. The highest BCUT2D eigenvalue weighted by atomic mass is 16.5. The zero-order chi connectivity index (χ0) is 15.4. The van der Waals surface area contributed by atoms with Crippen LogP contribution in [0, 0.1) is 0 Å². The summed E-state index contributed by atoms with van der Waals surface area (Å²) in [7, 11) is 1.64. The predicted molar refractivity (Wildman–Crippen MR) is 84.3 cm³/mol. The van der Waals surface area contributed by atoms with E-state index in [4.69, 9.17) is 9.15 Å². The van der Waals surface area contributed by atoms with Crippen molar-refractivity contribution in [3.63, 3.8) is 0 Å². The quantitative estimate of drug-likeness (QED) is 0.593. The summed E-state index contributed by atoms with van der Waals surface area (Å²) in [6, 6.07) is 15.0. The van der Waals surface area contributed by atoms with E-state index in [1.165, 1.54) is 6.26 Å². The number of furan rings is 1. The van der Waals surface area contributed by atoms with Crippen molar-refractivity contribution in [2.24, 2.45) is 5.10 Å². The van der Waals surface area contributed by atoms with E-state index in [-0.39, 0.29) is 11.7 Å². The van der Waals surface area contributed by atoms with E-state index < -0.39 is 0 Å². The number of ether oxygens (including phenoxy) is 1. The third kappa shape index (κ3) is 2.98. The Kier molecular flexibility index (Phi) is 3.87. The van der Waals surface area contributed by atoms with Crippen molar-refractivity contribution in [3.8, 4) is 5.75 Å². The fourth-order valence-corrected chi connectivity index (χ4v) is 2.08. The summed E-state index contributed by atoms with van der Waals surface area (Å²) < 4.78 is 10.2. The molecule has 5 heteroatoms. The first-order valence-corrected chi connectivity index (χ1v) is 6.71. The first-order valence-electron chi connectivity index (χ1n) is 6.71. The molecule has 0 unspecified atom stereocenters. The van der Waals surface area contributed by atoms with E-state index in [0.717, 1.165) is 22.1 Å². The van der Waals surface area contributed by atoms with Crippen LogP contribution in [0.3, 0.4) is 0 Å². The molecule has 0 saturated heterocycles. The summed E-state index contributed by atoms with van der Waals surface area (Å²) >= 11 is 0. The number of hydrogen-bond acceptors (Lipinski definition) is 4. The first-order chi connectivity index (χ1) is 10.8. The fraction of sp³-hybridized carbons (Fsp3) is 0.0588. The molecule has 1 N–H and O–H groups in total. The minimum absolute atomic E-state index is 0.225. The van der Waals surface area contributed by atoms with Gasteiger partial charge in [-0.15, -0.1) is 0 Å². The molecule has 2 aromatic carbocycles. The van der Waals surface area contributed by atoms with Gasteiger partial charge >= 0.3 is 5.91 Å². The number of fused-ring (bicyclic) bond motifs is 1. The van der Waals surface area contributed by atoms with E-state index in [0.29, 0.717) is 0 Å². The highest BCUT2D eigenvalue weighted by Gasteiger charge is 2.05. The van der Waals surface area contributed by atoms with Crippen LogP contribution in [0.25, 0.3) is 10.8 Å². The average Bonchev–Trinajstić information content (AvgIpc) is 3.08. The molecule has 1 aromatic heterocycles. The minimum atomic E-state index is -0.383. The van der Waals surface area contributed by atoms with Gasteiger partial charge in [0.25, 0.3) is 0 Å². The number of rotatable bonds is 4. The largest absolute Gasteiger partial charge is 0.497 e. The second-order valence-corrected chi connectivity index (χ2v) is 4.65. The van der Waals surface area contributed by atoms with Crippen molar-refractivity contribution < 1.29 is 13.9 Å². The molecular weight excluding hydrogens is 280 g/mol. The lowest BCUT2D eigenvalue weighted by atomic mass is 10.1. The number of benzene rings is 2. The smallest absolute Gasteiger partial charge is 0.307 e. The third-order valence-electron chi connectivity index (χ3n) is 3.20. The Labute approximate surface area is 127 Å². The molecule has 0 saturated carbocycles. The Morgan fingerprint density at radius 3 is 2.77 bits per heavy atom. The second kappa shape index (κ2) is 6.13.